The third-order valence-corrected chi connectivity index (χ3v) is 2.78. The first-order chi connectivity index (χ1) is 7.97. The number of para-hydroxylation sites is 2. The van der Waals surface area contributed by atoms with Gasteiger partial charge in [-0.3, -0.25) is 8.75 Å². The van der Waals surface area contributed by atoms with Crippen LogP contribution in [0, 0.1) is 0 Å². The zero-order valence-electron chi connectivity index (χ0n) is 9.12. The van der Waals surface area contributed by atoms with Gasteiger partial charge in [0.15, 0.2) is 5.58 Å². The van der Waals surface area contributed by atoms with Crippen LogP contribution in [-0.4, -0.2) is 25.8 Å². The molecule has 0 unspecified atom stereocenters. The van der Waals surface area contributed by atoms with Crippen LogP contribution >= 0.6 is 0 Å². The number of aromatic nitrogens is 1. The Morgan fingerprint density at radius 1 is 1.35 bits per heavy atom. The standard InChI is InChI=1S/C10H11NO5S/c1-17(13,14)15-7-6-11-8-4-2-3-5-9(8)16-10(11)12/h2-5H,6-7H2,1H3. The maximum atomic E-state index is 11.5. The third-order valence-electron chi connectivity index (χ3n) is 2.19. The summed E-state index contributed by atoms with van der Waals surface area (Å²) in [6.07, 6.45) is 0.962. The van der Waals surface area contributed by atoms with E-state index < -0.39 is 15.9 Å². The van der Waals surface area contributed by atoms with Gasteiger partial charge in [0.25, 0.3) is 10.1 Å². The maximum absolute atomic E-state index is 11.5. The number of hydrogen-bond donors (Lipinski definition) is 0. The molecule has 0 aliphatic carbocycles. The Hall–Kier alpha value is -1.60. The predicted molar refractivity (Wildman–Crippen MR) is 61.3 cm³/mol. The van der Waals surface area contributed by atoms with Gasteiger partial charge in [-0.1, -0.05) is 12.1 Å². The molecule has 17 heavy (non-hydrogen) atoms. The quantitative estimate of drug-likeness (QED) is 0.748. The average molecular weight is 257 g/mol. The molecule has 0 N–H and O–H groups in total. The lowest BCUT2D eigenvalue weighted by Gasteiger charge is -2.01. The molecule has 0 saturated carbocycles. The minimum Gasteiger partial charge on any atom is -0.408 e. The molecule has 0 aliphatic rings. The normalized spacial score (nSPS) is 12.1. The van der Waals surface area contributed by atoms with E-state index in [1.807, 2.05) is 0 Å². The largest absolute Gasteiger partial charge is 0.420 e. The van der Waals surface area contributed by atoms with Crippen LogP contribution in [0.1, 0.15) is 0 Å². The van der Waals surface area contributed by atoms with Crippen molar-refractivity contribution in [1.29, 1.82) is 0 Å². The van der Waals surface area contributed by atoms with Gasteiger partial charge in [0.2, 0.25) is 0 Å². The van der Waals surface area contributed by atoms with Gasteiger partial charge < -0.3 is 4.42 Å². The van der Waals surface area contributed by atoms with Crippen LogP contribution in [0.2, 0.25) is 0 Å². The van der Waals surface area contributed by atoms with Crippen molar-refractivity contribution in [2.75, 3.05) is 12.9 Å². The Morgan fingerprint density at radius 2 is 2.06 bits per heavy atom. The first-order valence-corrected chi connectivity index (χ1v) is 6.72. The van der Waals surface area contributed by atoms with Gasteiger partial charge in [0.05, 0.1) is 24.9 Å². The highest BCUT2D eigenvalue weighted by molar-refractivity contribution is 7.85. The van der Waals surface area contributed by atoms with Crippen LogP contribution in [-0.2, 0) is 20.8 Å². The Labute approximate surface area is 97.5 Å². The molecular weight excluding hydrogens is 246 g/mol. The Kier molecular flexibility index (Phi) is 3.03. The van der Waals surface area contributed by atoms with Crippen molar-refractivity contribution in [1.82, 2.24) is 4.57 Å². The highest BCUT2D eigenvalue weighted by atomic mass is 32.2. The molecule has 6 nitrogen and oxygen atoms in total. The second kappa shape index (κ2) is 4.34. The zero-order chi connectivity index (χ0) is 12.5. The number of rotatable bonds is 4. The minimum absolute atomic E-state index is 0.0950. The van der Waals surface area contributed by atoms with Crippen molar-refractivity contribution in [2.24, 2.45) is 0 Å². The lowest BCUT2D eigenvalue weighted by atomic mass is 10.3. The smallest absolute Gasteiger partial charge is 0.408 e. The summed E-state index contributed by atoms with van der Waals surface area (Å²) in [4.78, 5) is 11.5. The third kappa shape index (κ3) is 2.75. The van der Waals surface area contributed by atoms with E-state index in [9.17, 15) is 13.2 Å². The lowest BCUT2D eigenvalue weighted by molar-refractivity contribution is 0.300. The van der Waals surface area contributed by atoms with Gasteiger partial charge in [0, 0.05) is 0 Å². The Balaban J connectivity index is 2.24. The summed E-state index contributed by atoms with van der Waals surface area (Å²) in [5, 5.41) is 0. The van der Waals surface area contributed by atoms with Crippen molar-refractivity contribution in [2.45, 2.75) is 6.54 Å². The fourth-order valence-corrected chi connectivity index (χ4v) is 1.88. The number of benzene rings is 1. The molecule has 0 amide bonds. The van der Waals surface area contributed by atoms with Crippen LogP contribution in [0.15, 0.2) is 33.5 Å². The van der Waals surface area contributed by atoms with Crippen molar-refractivity contribution in [3.63, 3.8) is 0 Å². The highest BCUT2D eigenvalue weighted by Gasteiger charge is 2.09. The van der Waals surface area contributed by atoms with Gasteiger partial charge in [-0.2, -0.15) is 8.42 Å². The predicted octanol–water partition coefficient (Wildman–Crippen LogP) is 0.571. The van der Waals surface area contributed by atoms with Crippen LogP contribution in [0.5, 0.6) is 0 Å². The minimum atomic E-state index is -3.49. The summed E-state index contributed by atoms with van der Waals surface area (Å²) in [5.74, 6) is -0.525. The second-order valence-corrected chi connectivity index (χ2v) is 5.16. The first kappa shape index (κ1) is 11.9. The van der Waals surface area contributed by atoms with E-state index in [1.165, 1.54) is 4.57 Å². The van der Waals surface area contributed by atoms with E-state index in [0.29, 0.717) is 11.1 Å². The van der Waals surface area contributed by atoms with Crippen molar-refractivity contribution in [3.8, 4) is 0 Å². The molecule has 7 heteroatoms. The zero-order valence-corrected chi connectivity index (χ0v) is 9.94. The van der Waals surface area contributed by atoms with Crippen LogP contribution in [0.25, 0.3) is 11.1 Å². The van der Waals surface area contributed by atoms with Gasteiger partial charge in [0.1, 0.15) is 0 Å². The SMILES string of the molecule is CS(=O)(=O)OCCn1c(=O)oc2ccccc21. The monoisotopic (exact) mass is 257 g/mol. The molecule has 0 bridgehead atoms. The molecule has 92 valence electrons. The molecule has 1 aromatic heterocycles. The first-order valence-electron chi connectivity index (χ1n) is 4.90. The van der Waals surface area contributed by atoms with Crippen LogP contribution in [0.4, 0.5) is 0 Å². The molecule has 1 aromatic carbocycles. The Morgan fingerprint density at radius 3 is 2.76 bits per heavy atom. The van der Waals surface area contributed by atoms with Gasteiger partial charge in [-0.05, 0) is 12.1 Å². The molecule has 0 saturated heterocycles. The van der Waals surface area contributed by atoms with Gasteiger partial charge >= 0.3 is 5.76 Å². The summed E-state index contributed by atoms with van der Waals surface area (Å²) in [6.45, 7) is 0.0329. The molecule has 2 aromatic rings. The number of fused-ring (bicyclic) bond motifs is 1. The average Bonchev–Trinajstić information content (AvgIpc) is 2.54. The summed E-state index contributed by atoms with van der Waals surface area (Å²) in [5.41, 5.74) is 1.09. The molecule has 0 fully saturated rings. The van der Waals surface area contributed by atoms with Crippen molar-refractivity contribution in [3.05, 3.63) is 34.8 Å². The summed E-state index contributed by atoms with van der Waals surface area (Å²) in [7, 11) is -3.49. The highest BCUT2D eigenvalue weighted by Crippen LogP contribution is 2.11. The van der Waals surface area contributed by atoms with E-state index in [2.05, 4.69) is 4.18 Å². The van der Waals surface area contributed by atoms with Crippen LogP contribution in [0.3, 0.4) is 0 Å². The van der Waals surface area contributed by atoms with E-state index in [1.54, 1.807) is 24.3 Å². The topological polar surface area (TPSA) is 78.5 Å². The summed E-state index contributed by atoms with van der Waals surface area (Å²) >= 11 is 0. The number of oxazole rings is 1. The second-order valence-electron chi connectivity index (χ2n) is 3.51. The van der Waals surface area contributed by atoms with Crippen LogP contribution < -0.4 is 5.76 Å². The number of nitrogens with zero attached hydrogens (tertiary/aromatic N) is 1. The number of hydrogen-bond acceptors (Lipinski definition) is 5. The van der Waals surface area contributed by atoms with Gasteiger partial charge in [-0.15, -0.1) is 0 Å². The molecule has 0 aliphatic heterocycles. The molecule has 1 heterocycles. The van der Waals surface area contributed by atoms with E-state index in [4.69, 9.17) is 4.42 Å². The van der Waals surface area contributed by atoms with Crippen molar-refractivity contribution < 1.29 is 17.0 Å². The fraction of sp³-hybridized carbons (Fsp3) is 0.300. The molecule has 2 rings (SSSR count). The molecule has 0 spiro atoms. The maximum Gasteiger partial charge on any atom is 0.420 e. The molecule has 0 atom stereocenters. The van der Waals surface area contributed by atoms with E-state index >= 15 is 0 Å². The molecular formula is C10H11NO5S. The van der Waals surface area contributed by atoms with Gasteiger partial charge in [-0.25, -0.2) is 4.79 Å². The van der Waals surface area contributed by atoms with Crippen molar-refractivity contribution >= 4 is 21.2 Å². The fourth-order valence-electron chi connectivity index (χ4n) is 1.51. The summed E-state index contributed by atoms with van der Waals surface area (Å²) < 4.78 is 32.4. The van der Waals surface area contributed by atoms with E-state index in [0.717, 1.165) is 6.26 Å². The molecule has 0 radical (unpaired) electrons. The lowest BCUT2D eigenvalue weighted by Crippen LogP contribution is -2.18. The Bertz CT molecular complexity index is 682. The van der Waals surface area contributed by atoms with E-state index in [-0.39, 0.29) is 13.2 Å². The summed E-state index contributed by atoms with van der Waals surface area (Å²) in [6, 6.07) is 6.92.